The summed E-state index contributed by atoms with van der Waals surface area (Å²) < 4.78 is 13.0. The molecule has 1 aromatic heterocycles. The highest BCUT2D eigenvalue weighted by Crippen LogP contribution is 2.20. The van der Waals surface area contributed by atoms with E-state index in [1.165, 1.54) is 12.1 Å². The SMILES string of the molecule is CC(C)N1CCN(c2ncc(-c3ccc(F)cc3)cn2)CC1. The Morgan fingerprint density at radius 1 is 0.909 bits per heavy atom. The molecule has 0 atom stereocenters. The van der Waals surface area contributed by atoms with Gasteiger partial charge in [-0.1, -0.05) is 12.1 Å². The van der Waals surface area contributed by atoms with Gasteiger partial charge in [0.15, 0.2) is 0 Å². The van der Waals surface area contributed by atoms with Crippen LogP contribution in [0.5, 0.6) is 0 Å². The molecule has 4 nitrogen and oxygen atoms in total. The number of hydrogen-bond donors (Lipinski definition) is 0. The zero-order chi connectivity index (χ0) is 15.5. The molecule has 0 unspecified atom stereocenters. The van der Waals surface area contributed by atoms with Gasteiger partial charge in [0.25, 0.3) is 0 Å². The van der Waals surface area contributed by atoms with E-state index in [0.29, 0.717) is 6.04 Å². The number of halogens is 1. The number of aromatic nitrogens is 2. The summed E-state index contributed by atoms with van der Waals surface area (Å²) in [5, 5.41) is 0. The van der Waals surface area contributed by atoms with Gasteiger partial charge in [-0.15, -0.1) is 0 Å². The second-order valence-corrected chi connectivity index (χ2v) is 5.90. The molecule has 1 aromatic carbocycles. The molecule has 2 heterocycles. The van der Waals surface area contributed by atoms with Crippen LogP contribution < -0.4 is 4.90 Å². The summed E-state index contributed by atoms with van der Waals surface area (Å²) in [6.07, 6.45) is 3.62. The van der Waals surface area contributed by atoms with Crippen LogP contribution in [0.1, 0.15) is 13.8 Å². The normalized spacial score (nSPS) is 16.3. The third-order valence-electron chi connectivity index (χ3n) is 4.14. The fourth-order valence-electron chi connectivity index (χ4n) is 2.71. The maximum absolute atomic E-state index is 13.0. The minimum atomic E-state index is -0.232. The Hall–Kier alpha value is -2.01. The summed E-state index contributed by atoms with van der Waals surface area (Å²) in [6, 6.07) is 6.98. The lowest BCUT2D eigenvalue weighted by atomic mass is 10.1. The Kier molecular flexibility index (Phi) is 4.34. The van der Waals surface area contributed by atoms with Crippen molar-refractivity contribution < 1.29 is 4.39 Å². The van der Waals surface area contributed by atoms with E-state index in [-0.39, 0.29) is 5.82 Å². The molecule has 2 aromatic rings. The second kappa shape index (κ2) is 6.40. The van der Waals surface area contributed by atoms with Gasteiger partial charge in [0.05, 0.1) is 0 Å². The monoisotopic (exact) mass is 300 g/mol. The lowest BCUT2D eigenvalue weighted by molar-refractivity contribution is 0.208. The third kappa shape index (κ3) is 3.25. The summed E-state index contributed by atoms with van der Waals surface area (Å²) in [5.41, 5.74) is 1.84. The summed E-state index contributed by atoms with van der Waals surface area (Å²) in [5.74, 6) is 0.540. The maximum Gasteiger partial charge on any atom is 0.225 e. The van der Waals surface area contributed by atoms with Crippen LogP contribution in [0.15, 0.2) is 36.7 Å². The zero-order valence-electron chi connectivity index (χ0n) is 13.0. The summed E-state index contributed by atoms with van der Waals surface area (Å²) >= 11 is 0. The van der Waals surface area contributed by atoms with E-state index >= 15 is 0 Å². The smallest absolute Gasteiger partial charge is 0.225 e. The average molecular weight is 300 g/mol. The number of nitrogens with zero attached hydrogens (tertiary/aromatic N) is 4. The van der Waals surface area contributed by atoms with Crippen molar-refractivity contribution in [3.8, 4) is 11.1 Å². The van der Waals surface area contributed by atoms with Crippen LogP contribution in [0.25, 0.3) is 11.1 Å². The van der Waals surface area contributed by atoms with Crippen LogP contribution in [0.2, 0.25) is 0 Å². The van der Waals surface area contributed by atoms with Crippen LogP contribution in [-0.2, 0) is 0 Å². The number of hydrogen-bond acceptors (Lipinski definition) is 4. The Morgan fingerprint density at radius 3 is 2.05 bits per heavy atom. The molecule has 116 valence electrons. The largest absolute Gasteiger partial charge is 0.338 e. The van der Waals surface area contributed by atoms with Crippen LogP contribution in [-0.4, -0.2) is 47.1 Å². The molecule has 0 amide bonds. The molecule has 0 saturated carbocycles. The highest BCUT2D eigenvalue weighted by molar-refractivity contribution is 5.61. The van der Waals surface area contributed by atoms with E-state index in [4.69, 9.17) is 0 Å². The fourth-order valence-corrected chi connectivity index (χ4v) is 2.71. The first-order valence-electron chi connectivity index (χ1n) is 7.70. The van der Waals surface area contributed by atoms with E-state index in [9.17, 15) is 4.39 Å². The molecular formula is C17H21FN4. The van der Waals surface area contributed by atoms with Crippen molar-refractivity contribution in [2.75, 3.05) is 31.1 Å². The van der Waals surface area contributed by atoms with Crippen molar-refractivity contribution in [1.29, 1.82) is 0 Å². The average Bonchev–Trinajstić information content (AvgIpc) is 2.56. The van der Waals surface area contributed by atoms with E-state index in [2.05, 4.69) is 33.6 Å². The number of piperazine rings is 1. The Bertz CT molecular complexity index is 602. The van der Waals surface area contributed by atoms with E-state index in [1.54, 1.807) is 12.1 Å². The Balaban J connectivity index is 1.68. The van der Waals surface area contributed by atoms with Gasteiger partial charge < -0.3 is 4.90 Å². The molecule has 1 aliphatic rings. The molecule has 0 radical (unpaired) electrons. The van der Waals surface area contributed by atoms with Gasteiger partial charge in [0.1, 0.15) is 5.82 Å². The summed E-state index contributed by atoms with van der Waals surface area (Å²) in [4.78, 5) is 13.6. The molecule has 0 spiro atoms. The molecule has 5 heteroatoms. The summed E-state index contributed by atoms with van der Waals surface area (Å²) in [7, 11) is 0. The molecule has 22 heavy (non-hydrogen) atoms. The van der Waals surface area contributed by atoms with Gasteiger partial charge in [-0.3, -0.25) is 4.90 Å². The van der Waals surface area contributed by atoms with E-state index < -0.39 is 0 Å². The van der Waals surface area contributed by atoms with Gasteiger partial charge >= 0.3 is 0 Å². The number of anilines is 1. The van der Waals surface area contributed by atoms with Gasteiger partial charge in [-0.2, -0.15) is 0 Å². The molecule has 0 aliphatic carbocycles. The number of rotatable bonds is 3. The molecular weight excluding hydrogens is 279 g/mol. The first kappa shape index (κ1) is 14.9. The van der Waals surface area contributed by atoms with Gasteiger partial charge in [-0.25, -0.2) is 14.4 Å². The molecule has 1 saturated heterocycles. The minimum Gasteiger partial charge on any atom is -0.338 e. The van der Waals surface area contributed by atoms with Crippen LogP contribution >= 0.6 is 0 Å². The molecule has 1 aliphatic heterocycles. The molecule has 3 rings (SSSR count). The van der Waals surface area contributed by atoms with Crippen molar-refractivity contribution in [3.05, 3.63) is 42.5 Å². The maximum atomic E-state index is 13.0. The van der Waals surface area contributed by atoms with Crippen molar-refractivity contribution in [3.63, 3.8) is 0 Å². The molecule has 0 N–H and O–H groups in total. The van der Waals surface area contributed by atoms with Crippen molar-refractivity contribution >= 4 is 5.95 Å². The van der Waals surface area contributed by atoms with Gasteiger partial charge in [-0.05, 0) is 31.5 Å². The quantitative estimate of drug-likeness (QED) is 0.872. The van der Waals surface area contributed by atoms with Crippen LogP contribution in [0.4, 0.5) is 10.3 Å². The van der Waals surface area contributed by atoms with Crippen molar-refractivity contribution in [2.45, 2.75) is 19.9 Å². The predicted octanol–water partition coefficient (Wildman–Crippen LogP) is 2.81. The number of benzene rings is 1. The third-order valence-corrected chi connectivity index (χ3v) is 4.14. The summed E-state index contributed by atoms with van der Waals surface area (Å²) in [6.45, 7) is 8.44. The van der Waals surface area contributed by atoms with Crippen LogP contribution in [0, 0.1) is 5.82 Å². The zero-order valence-corrected chi connectivity index (χ0v) is 13.0. The van der Waals surface area contributed by atoms with Gasteiger partial charge in [0, 0.05) is 50.2 Å². The second-order valence-electron chi connectivity index (χ2n) is 5.90. The van der Waals surface area contributed by atoms with Crippen LogP contribution in [0.3, 0.4) is 0 Å². The first-order valence-corrected chi connectivity index (χ1v) is 7.70. The minimum absolute atomic E-state index is 0.232. The van der Waals surface area contributed by atoms with Crippen molar-refractivity contribution in [2.24, 2.45) is 0 Å². The predicted molar refractivity (Wildman–Crippen MR) is 86.3 cm³/mol. The molecule has 1 fully saturated rings. The first-order chi connectivity index (χ1) is 10.6. The van der Waals surface area contributed by atoms with E-state index in [1.807, 2.05) is 12.4 Å². The Labute approximate surface area is 130 Å². The highest BCUT2D eigenvalue weighted by Gasteiger charge is 2.20. The fraction of sp³-hybridized carbons (Fsp3) is 0.412. The standard InChI is InChI=1S/C17H21FN4/c1-13(2)21-7-9-22(10-8-21)17-19-11-15(12-20-17)14-3-5-16(18)6-4-14/h3-6,11-13H,7-10H2,1-2H3. The Morgan fingerprint density at radius 2 is 1.50 bits per heavy atom. The molecule has 0 bridgehead atoms. The lowest BCUT2D eigenvalue weighted by Gasteiger charge is -2.36. The lowest BCUT2D eigenvalue weighted by Crippen LogP contribution is -2.49. The highest BCUT2D eigenvalue weighted by atomic mass is 19.1. The van der Waals surface area contributed by atoms with Crippen molar-refractivity contribution in [1.82, 2.24) is 14.9 Å². The van der Waals surface area contributed by atoms with E-state index in [0.717, 1.165) is 43.3 Å². The topological polar surface area (TPSA) is 32.3 Å². The van der Waals surface area contributed by atoms with Gasteiger partial charge in [0.2, 0.25) is 5.95 Å².